The van der Waals surface area contributed by atoms with Gasteiger partial charge in [0.25, 0.3) is 5.56 Å². The van der Waals surface area contributed by atoms with Crippen LogP contribution in [0.15, 0.2) is 41.2 Å². The lowest BCUT2D eigenvalue weighted by atomic mass is 10.1. The van der Waals surface area contributed by atoms with Crippen LogP contribution in [0.5, 0.6) is 0 Å². The van der Waals surface area contributed by atoms with E-state index in [1.54, 1.807) is 31.3 Å². The van der Waals surface area contributed by atoms with Gasteiger partial charge in [-0.25, -0.2) is 4.39 Å². The van der Waals surface area contributed by atoms with Gasteiger partial charge in [-0.1, -0.05) is 0 Å². The Labute approximate surface area is 124 Å². The molecule has 3 rings (SSSR count). The van der Waals surface area contributed by atoms with Crippen molar-refractivity contribution in [1.29, 1.82) is 0 Å². The Kier molecular flexibility index (Phi) is 3.26. The van der Waals surface area contributed by atoms with Crippen molar-refractivity contribution in [2.75, 3.05) is 0 Å². The standard InChI is InChI=1S/C14H11FN4OS/c1-19-11(8-2-4-9(15)5-3-8)7-6-10(13(19)20)12-16-14(21)18-17-12/h2-7H,1H3,(H2,16,17,18,21). The largest absolute Gasteiger partial charge is 0.311 e. The number of pyridine rings is 1. The summed E-state index contributed by atoms with van der Waals surface area (Å²) in [6.07, 6.45) is 0. The van der Waals surface area contributed by atoms with Gasteiger partial charge in [0.05, 0.1) is 11.3 Å². The molecule has 1 aromatic carbocycles. The predicted octanol–water partition coefficient (Wildman–Crippen LogP) is 2.64. The fraction of sp³-hybridized carbons (Fsp3) is 0.0714. The van der Waals surface area contributed by atoms with Crippen molar-refractivity contribution in [3.8, 4) is 22.6 Å². The van der Waals surface area contributed by atoms with Crippen molar-refractivity contribution in [2.24, 2.45) is 7.05 Å². The first-order valence-corrected chi connectivity index (χ1v) is 6.58. The Hall–Kier alpha value is -2.54. The minimum Gasteiger partial charge on any atom is -0.311 e. The topological polar surface area (TPSA) is 66.5 Å². The van der Waals surface area contributed by atoms with E-state index < -0.39 is 0 Å². The molecule has 106 valence electrons. The third-order valence-corrected chi connectivity index (χ3v) is 3.39. The lowest BCUT2D eigenvalue weighted by Crippen LogP contribution is -2.20. The van der Waals surface area contributed by atoms with Crippen LogP contribution in [0.2, 0.25) is 0 Å². The second-order valence-electron chi connectivity index (χ2n) is 4.52. The molecule has 0 atom stereocenters. The van der Waals surface area contributed by atoms with E-state index in [0.29, 0.717) is 17.1 Å². The van der Waals surface area contributed by atoms with Gasteiger partial charge in [-0.15, -0.1) is 0 Å². The highest BCUT2D eigenvalue weighted by molar-refractivity contribution is 7.71. The second-order valence-corrected chi connectivity index (χ2v) is 4.91. The van der Waals surface area contributed by atoms with Crippen LogP contribution in [0, 0.1) is 10.6 Å². The Morgan fingerprint density at radius 3 is 2.48 bits per heavy atom. The zero-order valence-corrected chi connectivity index (χ0v) is 11.9. The second kappa shape index (κ2) is 5.10. The van der Waals surface area contributed by atoms with Crippen molar-refractivity contribution >= 4 is 12.2 Å². The highest BCUT2D eigenvalue weighted by Crippen LogP contribution is 2.20. The van der Waals surface area contributed by atoms with Crippen molar-refractivity contribution in [3.05, 3.63) is 57.3 Å². The SMILES string of the molecule is Cn1c(-c2ccc(F)cc2)ccc(-c2nc(=S)[nH][nH]2)c1=O. The average molecular weight is 302 g/mol. The highest BCUT2D eigenvalue weighted by atomic mass is 32.1. The molecule has 2 N–H and O–H groups in total. The van der Waals surface area contributed by atoms with Gasteiger partial charge in [-0.3, -0.25) is 15.0 Å². The monoisotopic (exact) mass is 302 g/mol. The molecule has 21 heavy (non-hydrogen) atoms. The van der Waals surface area contributed by atoms with E-state index in [1.807, 2.05) is 0 Å². The molecule has 2 aromatic heterocycles. The van der Waals surface area contributed by atoms with Crippen LogP contribution in [-0.2, 0) is 7.05 Å². The maximum Gasteiger partial charge on any atom is 0.261 e. The van der Waals surface area contributed by atoms with E-state index in [4.69, 9.17) is 12.2 Å². The number of halogens is 1. The summed E-state index contributed by atoms with van der Waals surface area (Å²) in [6.45, 7) is 0. The molecule has 0 aliphatic heterocycles. The Bertz CT molecular complexity index is 908. The van der Waals surface area contributed by atoms with Crippen molar-refractivity contribution in [3.63, 3.8) is 0 Å². The fourth-order valence-electron chi connectivity index (χ4n) is 2.12. The number of H-pyrrole nitrogens is 2. The number of rotatable bonds is 2. The molecule has 0 amide bonds. The lowest BCUT2D eigenvalue weighted by molar-refractivity contribution is 0.628. The third-order valence-electron chi connectivity index (χ3n) is 3.20. The summed E-state index contributed by atoms with van der Waals surface area (Å²) in [4.78, 5) is 16.5. The summed E-state index contributed by atoms with van der Waals surface area (Å²) in [7, 11) is 1.66. The van der Waals surface area contributed by atoms with Crippen molar-refractivity contribution in [1.82, 2.24) is 19.7 Å². The molecule has 0 saturated carbocycles. The first kappa shape index (κ1) is 13.4. The summed E-state index contributed by atoms with van der Waals surface area (Å²) in [6, 6.07) is 9.44. The van der Waals surface area contributed by atoms with E-state index in [-0.39, 0.29) is 16.1 Å². The number of aromatic nitrogens is 4. The van der Waals surface area contributed by atoms with Gasteiger partial charge in [0.15, 0.2) is 5.82 Å². The first-order chi connectivity index (χ1) is 10.1. The number of aromatic amines is 2. The highest BCUT2D eigenvalue weighted by Gasteiger charge is 2.11. The quantitative estimate of drug-likeness (QED) is 0.715. The number of hydrogen-bond donors (Lipinski definition) is 2. The molecular weight excluding hydrogens is 291 g/mol. The number of hydrogen-bond acceptors (Lipinski definition) is 3. The Balaban J connectivity index is 2.14. The maximum absolute atomic E-state index is 13.0. The van der Waals surface area contributed by atoms with Gasteiger partial charge >= 0.3 is 0 Å². The van der Waals surface area contributed by atoms with Gasteiger partial charge < -0.3 is 4.57 Å². The molecular formula is C14H11FN4OS. The van der Waals surface area contributed by atoms with Gasteiger partial charge in [-0.05, 0) is 54.2 Å². The molecule has 7 heteroatoms. The van der Waals surface area contributed by atoms with Gasteiger partial charge in [0, 0.05) is 7.05 Å². The molecule has 0 aliphatic carbocycles. The molecule has 3 aromatic rings. The summed E-state index contributed by atoms with van der Waals surface area (Å²) in [5.41, 5.74) is 1.65. The molecule has 0 fully saturated rings. The van der Waals surface area contributed by atoms with E-state index >= 15 is 0 Å². The van der Waals surface area contributed by atoms with Gasteiger partial charge in [0.2, 0.25) is 4.77 Å². The summed E-state index contributed by atoms with van der Waals surface area (Å²) >= 11 is 4.88. The van der Waals surface area contributed by atoms with Gasteiger partial charge in [0.1, 0.15) is 5.82 Å². The fourth-order valence-corrected chi connectivity index (χ4v) is 2.27. The van der Waals surface area contributed by atoms with E-state index in [1.165, 1.54) is 16.7 Å². The molecule has 5 nitrogen and oxygen atoms in total. The lowest BCUT2D eigenvalue weighted by Gasteiger charge is -2.09. The number of nitrogens with zero attached hydrogens (tertiary/aromatic N) is 2. The zero-order valence-electron chi connectivity index (χ0n) is 11.1. The normalized spacial score (nSPS) is 10.8. The Morgan fingerprint density at radius 2 is 1.86 bits per heavy atom. The van der Waals surface area contributed by atoms with Crippen LogP contribution in [0.4, 0.5) is 4.39 Å². The minimum atomic E-state index is -0.315. The van der Waals surface area contributed by atoms with E-state index in [2.05, 4.69) is 15.2 Å². The molecule has 0 saturated heterocycles. The predicted molar refractivity (Wildman–Crippen MR) is 79.8 cm³/mol. The minimum absolute atomic E-state index is 0.213. The van der Waals surface area contributed by atoms with Crippen molar-refractivity contribution in [2.45, 2.75) is 0 Å². The molecule has 0 unspecified atom stereocenters. The molecule has 0 aliphatic rings. The summed E-state index contributed by atoms with van der Waals surface area (Å²) in [5.74, 6) is 0.0794. The van der Waals surface area contributed by atoms with E-state index in [9.17, 15) is 9.18 Å². The zero-order chi connectivity index (χ0) is 15.0. The van der Waals surface area contributed by atoms with E-state index in [0.717, 1.165) is 5.56 Å². The maximum atomic E-state index is 13.0. The van der Waals surface area contributed by atoms with Crippen LogP contribution in [-0.4, -0.2) is 19.7 Å². The summed E-state index contributed by atoms with van der Waals surface area (Å²) < 4.78 is 14.8. The van der Waals surface area contributed by atoms with Crippen LogP contribution in [0.1, 0.15) is 0 Å². The average Bonchev–Trinajstić information content (AvgIpc) is 2.89. The van der Waals surface area contributed by atoms with Crippen LogP contribution >= 0.6 is 12.2 Å². The Morgan fingerprint density at radius 1 is 1.14 bits per heavy atom. The van der Waals surface area contributed by atoms with Crippen LogP contribution < -0.4 is 5.56 Å². The molecule has 2 heterocycles. The third kappa shape index (κ3) is 2.43. The molecule has 0 radical (unpaired) electrons. The summed E-state index contributed by atoms with van der Waals surface area (Å²) in [5, 5.41) is 5.41. The first-order valence-electron chi connectivity index (χ1n) is 6.17. The molecule has 0 spiro atoms. The van der Waals surface area contributed by atoms with Crippen molar-refractivity contribution < 1.29 is 4.39 Å². The number of nitrogens with one attached hydrogen (secondary N) is 2. The van der Waals surface area contributed by atoms with Crippen LogP contribution in [0.3, 0.4) is 0 Å². The molecule has 0 bridgehead atoms. The number of benzene rings is 1. The van der Waals surface area contributed by atoms with Crippen LogP contribution in [0.25, 0.3) is 22.6 Å². The van der Waals surface area contributed by atoms with Gasteiger partial charge in [-0.2, -0.15) is 4.98 Å². The smallest absolute Gasteiger partial charge is 0.261 e.